The molecule has 3 aromatic rings. The predicted octanol–water partition coefficient (Wildman–Crippen LogP) is 4.65. The molecule has 0 aliphatic rings. The smallest absolute Gasteiger partial charge is 0.322 e. The van der Waals surface area contributed by atoms with Gasteiger partial charge in [-0.3, -0.25) is 4.72 Å². The Bertz CT molecular complexity index is 1060. The number of para-hydroxylation sites is 1. The molecule has 27 heavy (non-hydrogen) atoms. The molecule has 140 valence electrons. The van der Waals surface area contributed by atoms with Gasteiger partial charge in [-0.25, -0.2) is 8.42 Å². The lowest BCUT2D eigenvalue weighted by atomic mass is 10.2. The minimum Gasteiger partial charge on any atom is -0.424 e. The van der Waals surface area contributed by atoms with E-state index in [2.05, 4.69) is 14.7 Å². The van der Waals surface area contributed by atoms with Crippen molar-refractivity contribution in [3.63, 3.8) is 0 Å². The summed E-state index contributed by atoms with van der Waals surface area (Å²) in [6.07, 6.45) is 0. The molecule has 0 spiro atoms. The summed E-state index contributed by atoms with van der Waals surface area (Å²) in [5.41, 5.74) is 2.02. The molecule has 0 saturated heterocycles. The van der Waals surface area contributed by atoms with Crippen LogP contribution < -0.4 is 9.46 Å². The summed E-state index contributed by atoms with van der Waals surface area (Å²) in [5.74, 6) is 0.596. The Balaban J connectivity index is 1.89. The van der Waals surface area contributed by atoms with Gasteiger partial charge in [-0.2, -0.15) is 9.97 Å². The lowest BCUT2D eigenvalue weighted by Gasteiger charge is -2.14. The maximum atomic E-state index is 12.7. The van der Waals surface area contributed by atoms with Crippen molar-refractivity contribution in [3.8, 4) is 11.8 Å². The first-order valence-corrected chi connectivity index (χ1v) is 9.99. The monoisotopic (exact) mass is 403 g/mol. The Morgan fingerprint density at radius 1 is 0.963 bits per heavy atom. The normalized spacial score (nSPS) is 11.3. The zero-order valence-corrected chi connectivity index (χ0v) is 16.6. The predicted molar refractivity (Wildman–Crippen MR) is 105 cm³/mol. The number of sulfonamides is 1. The van der Waals surface area contributed by atoms with Gasteiger partial charge in [-0.05, 0) is 50.6 Å². The molecule has 0 atom stereocenters. The highest BCUT2D eigenvalue weighted by Crippen LogP contribution is 2.27. The second kappa shape index (κ2) is 7.54. The first kappa shape index (κ1) is 19.1. The standard InChI is InChI=1S/C19H18ClN3O3S/c1-12-9-10-16(11-17(12)20)27(24,25)23-18-13(2)21-19(22-14(18)3)26-15-7-5-4-6-8-15/h4-11,23H,1-3H3. The molecule has 1 heterocycles. The number of aryl methyl sites for hydroxylation is 3. The molecule has 8 heteroatoms. The van der Waals surface area contributed by atoms with Gasteiger partial charge in [0, 0.05) is 5.02 Å². The summed E-state index contributed by atoms with van der Waals surface area (Å²) in [6, 6.07) is 13.8. The van der Waals surface area contributed by atoms with Gasteiger partial charge in [0.2, 0.25) is 0 Å². The van der Waals surface area contributed by atoms with Gasteiger partial charge in [0.1, 0.15) is 5.75 Å². The molecule has 0 unspecified atom stereocenters. The Hall–Kier alpha value is -2.64. The lowest BCUT2D eigenvalue weighted by molar-refractivity contribution is 0.439. The van der Waals surface area contributed by atoms with Crippen molar-refractivity contribution in [2.75, 3.05) is 4.72 Å². The summed E-state index contributed by atoms with van der Waals surface area (Å²) in [5, 5.41) is 0.383. The van der Waals surface area contributed by atoms with Crippen LogP contribution in [0.1, 0.15) is 17.0 Å². The SMILES string of the molecule is Cc1ccc(S(=O)(=O)Nc2c(C)nc(Oc3ccccc3)nc2C)cc1Cl. The van der Waals surface area contributed by atoms with Gasteiger partial charge in [0.05, 0.1) is 22.0 Å². The summed E-state index contributed by atoms with van der Waals surface area (Å²) < 4.78 is 33.5. The van der Waals surface area contributed by atoms with Gasteiger partial charge in [-0.15, -0.1) is 0 Å². The highest BCUT2D eigenvalue weighted by molar-refractivity contribution is 7.92. The zero-order chi connectivity index (χ0) is 19.6. The molecule has 0 fully saturated rings. The number of hydrogen-bond acceptors (Lipinski definition) is 5. The van der Waals surface area contributed by atoms with Crippen LogP contribution in [-0.2, 0) is 10.0 Å². The lowest BCUT2D eigenvalue weighted by Crippen LogP contribution is -2.16. The average molecular weight is 404 g/mol. The van der Waals surface area contributed by atoms with E-state index < -0.39 is 10.0 Å². The fourth-order valence-corrected chi connectivity index (χ4v) is 3.85. The van der Waals surface area contributed by atoms with Crippen LogP contribution in [0.4, 0.5) is 5.69 Å². The number of nitrogens with one attached hydrogen (secondary N) is 1. The molecular formula is C19H18ClN3O3S. The van der Waals surface area contributed by atoms with Gasteiger partial charge < -0.3 is 4.74 Å². The third-order valence-corrected chi connectivity index (χ3v) is 5.65. The van der Waals surface area contributed by atoms with E-state index in [0.717, 1.165) is 5.56 Å². The molecule has 0 aliphatic carbocycles. The van der Waals surface area contributed by atoms with Crippen LogP contribution in [0, 0.1) is 20.8 Å². The van der Waals surface area contributed by atoms with Gasteiger partial charge in [0.25, 0.3) is 10.0 Å². The second-order valence-corrected chi connectivity index (χ2v) is 8.07. The van der Waals surface area contributed by atoms with Crippen LogP contribution in [0.25, 0.3) is 0 Å². The minimum atomic E-state index is -3.82. The molecule has 0 aliphatic heterocycles. The van der Waals surface area contributed by atoms with Crippen LogP contribution in [0.3, 0.4) is 0 Å². The van der Waals surface area contributed by atoms with Crippen molar-refractivity contribution in [2.45, 2.75) is 25.7 Å². The fraction of sp³-hybridized carbons (Fsp3) is 0.158. The summed E-state index contributed by atoms with van der Waals surface area (Å²) in [6.45, 7) is 5.18. The number of halogens is 1. The van der Waals surface area contributed by atoms with E-state index in [4.69, 9.17) is 16.3 Å². The molecule has 1 N–H and O–H groups in total. The molecular weight excluding hydrogens is 386 g/mol. The first-order chi connectivity index (χ1) is 12.8. The number of aromatic nitrogens is 2. The molecule has 0 bridgehead atoms. The third kappa shape index (κ3) is 4.37. The van der Waals surface area contributed by atoms with Crippen molar-refractivity contribution < 1.29 is 13.2 Å². The number of benzene rings is 2. The van der Waals surface area contributed by atoms with Crippen molar-refractivity contribution >= 4 is 27.3 Å². The third-order valence-electron chi connectivity index (χ3n) is 3.89. The van der Waals surface area contributed by atoms with Gasteiger partial charge in [-0.1, -0.05) is 35.9 Å². The fourth-order valence-electron chi connectivity index (χ4n) is 2.41. The van der Waals surface area contributed by atoms with E-state index in [1.54, 1.807) is 39.0 Å². The Morgan fingerprint density at radius 2 is 1.59 bits per heavy atom. The Labute approximate surface area is 163 Å². The van der Waals surface area contributed by atoms with E-state index in [0.29, 0.717) is 27.8 Å². The van der Waals surface area contributed by atoms with Crippen molar-refractivity contribution in [3.05, 3.63) is 70.5 Å². The maximum absolute atomic E-state index is 12.7. The number of hydrogen-bond donors (Lipinski definition) is 1. The molecule has 0 saturated carbocycles. The highest BCUT2D eigenvalue weighted by Gasteiger charge is 2.19. The van der Waals surface area contributed by atoms with Crippen molar-refractivity contribution in [1.82, 2.24) is 9.97 Å². The van der Waals surface area contributed by atoms with E-state index in [9.17, 15) is 8.42 Å². The van der Waals surface area contributed by atoms with Crippen LogP contribution in [-0.4, -0.2) is 18.4 Å². The topological polar surface area (TPSA) is 81.2 Å². The largest absolute Gasteiger partial charge is 0.424 e. The minimum absolute atomic E-state index is 0.0708. The Kier molecular flexibility index (Phi) is 5.34. The van der Waals surface area contributed by atoms with Gasteiger partial charge in [0.15, 0.2) is 0 Å². The van der Waals surface area contributed by atoms with Crippen molar-refractivity contribution in [1.29, 1.82) is 0 Å². The van der Waals surface area contributed by atoms with Crippen LogP contribution in [0.15, 0.2) is 53.4 Å². The Morgan fingerprint density at radius 3 is 2.19 bits per heavy atom. The molecule has 2 aromatic carbocycles. The average Bonchev–Trinajstić information content (AvgIpc) is 2.61. The quantitative estimate of drug-likeness (QED) is 0.670. The van der Waals surface area contributed by atoms with Crippen LogP contribution in [0.2, 0.25) is 5.02 Å². The van der Waals surface area contributed by atoms with E-state index in [-0.39, 0.29) is 10.9 Å². The second-order valence-electron chi connectivity index (χ2n) is 5.98. The molecule has 6 nitrogen and oxygen atoms in total. The molecule has 0 amide bonds. The molecule has 1 aromatic heterocycles. The summed E-state index contributed by atoms with van der Waals surface area (Å²) in [7, 11) is -3.82. The summed E-state index contributed by atoms with van der Waals surface area (Å²) >= 11 is 6.05. The zero-order valence-electron chi connectivity index (χ0n) is 15.0. The highest BCUT2D eigenvalue weighted by atomic mass is 35.5. The van der Waals surface area contributed by atoms with E-state index >= 15 is 0 Å². The van der Waals surface area contributed by atoms with Crippen LogP contribution in [0.5, 0.6) is 11.8 Å². The molecule has 3 rings (SSSR count). The van der Waals surface area contributed by atoms with Gasteiger partial charge >= 0.3 is 6.01 Å². The first-order valence-electron chi connectivity index (χ1n) is 8.13. The van der Waals surface area contributed by atoms with Crippen molar-refractivity contribution in [2.24, 2.45) is 0 Å². The maximum Gasteiger partial charge on any atom is 0.322 e. The summed E-state index contributed by atoms with van der Waals surface area (Å²) in [4.78, 5) is 8.58. The van der Waals surface area contributed by atoms with E-state index in [1.807, 2.05) is 18.2 Å². The number of rotatable bonds is 5. The number of nitrogens with zero attached hydrogens (tertiary/aromatic N) is 2. The van der Waals surface area contributed by atoms with Crippen LogP contribution >= 0.6 is 11.6 Å². The number of anilines is 1. The van der Waals surface area contributed by atoms with E-state index in [1.165, 1.54) is 12.1 Å². The molecule has 0 radical (unpaired) electrons. The number of ether oxygens (including phenoxy) is 1.